The monoisotopic (exact) mass is 276 g/mol. The molecule has 0 bridgehead atoms. The Bertz CT molecular complexity index is 670. The third-order valence-electron chi connectivity index (χ3n) is 2.33. The first-order valence-corrected chi connectivity index (χ1v) is 6.10. The van der Waals surface area contributed by atoms with Crippen molar-refractivity contribution in [1.29, 1.82) is 0 Å². The molecule has 0 radical (unpaired) electrons. The zero-order valence-electron chi connectivity index (χ0n) is 11.8. The third kappa shape index (κ3) is 3.11. The molecule has 0 saturated carbocycles. The van der Waals surface area contributed by atoms with E-state index in [1.54, 1.807) is 26.8 Å². The summed E-state index contributed by atoms with van der Waals surface area (Å²) in [5.41, 5.74) is 0.476. The van der Waals surface area contributed by atoms with E-state index < -0.39 is 11.7 Å². The number of carbonyl (C=O) groups excluding carboxylic acids is 2. The molecule has 0 atom stereocenters. The van der Waals surface area contributed by atoms with Gasteiger partial charge in [0.15, 0.2) is 0 Å². The second-order valence-electron chi connectivity index (χ2n) is 5.33. The average Bonchev–Trinajstić information content (AvgIpc) is 2.68. The summed E-state index contributed by atoms with van der Waals surface area (Å²) in [6, 6.07) is 1.58. The van der Waals surface area contributed by atoms with E-state index >= 15 is 0 Å². The lowest BCUT2D eigenvalue weighted by molar-refractivity contribution is -0.114. The minimum atomic E-state index is -0.596. The van der Waals surface area contributed by atoms with Crippen LogP contribution < -0.4 is 5.32 Å². The number of nitrogens with zero attached hydrogens (tertiary/aromatic N) is 3. The molecule has 2 heterocycles. The Kier molecular flexibility index (Phi) is 3.44. The van der Waals surface area contributed by atoms with Gasteiger partial charge in [-0.2, -0.15) is 0 Å². The highest BCUT2D eigenvalue weighted by Gasteiger charge is 2.19. The quantitative estimate of drug-likeness (QED) is 0.862. The maximum Gasteiger partial charge on any atom is 0.420 e. The topological polar surface area (TPSA) is 86.1 Å². The summed E-state index contributed by atoms with van der Waals surface area (Å²) in [5, 5.41) is 2.56. The predicted molar refractivity (Wildman–Crippen MR) is 73.5 cm³/mol. The number of amides is 1. The number of aromatic nitrogens is 3. The zero-order chi connectivity index (χ0) is 14.9. The molecule has 0 aliphatic carbocycles. The summed E-state index contributed by atoms with van der Waals surface area (Å²) >= 11 is 0. The van der Waals surface area contributed by atoms with Gasteiger partial charge in [0.05, 0.1) is 11.7 Å². The van der Waals surface area contributed by atoms with Crippen LogP contribution in [0.5, 0.6) is 0 Å². The van der Waals surface area contributed by atoms with Crippen LogP contribution in [0.4, 0.5) is 10.6 Å². The minimum absolute atomic E-state index is 0.236. The molecule has 1 N–H and O–H groups in total. The van der Waals surface area contributed by atoms with Crippen LogP contribution in [-0.4, -0.2) is 32.1 Å². The Hall–Kier alpha value is -2.44. The van der Waals surface area contributed by atoms with E-state index in [1.165, 1.54) is 24.0 Å². The number of hydrogen-bond acceptors (Lipinski definition) is 5. The molecule has 2 rings (SSSR count). The minimum Gasteiger partial charge on any atom is -0.443 e. The number of anilines is 1. The number of fused-ring (bicyclic) bond motifs is 1. The van der Waals surface area contributed by atoms with Gasteiger partial charge in [-0.3, -0.25) is 4.79 Å². The molecule has 20 heavy (non-hydrogen) atoms. The summed E-state index contributed by atoms with van der Waals surface area (Å²) < 4.78 is 6.57. The van der Waals surface area contributed by atoms with Gasteiger partial charge in [0, 0.05) is 13.0 Å². The Morgan fingerprint density at radius 2 is 2.00 bits per heavy atom. The van der Waals surface area contributed by atoms with E-state index in [1.807, 2.05) is 0 Å². The first kappa shape index (κ1) is 14.0. The van der Waals surface area contributed by atoms with Crippen LogP contribution in [0.2, 0.25) is 0 Å². The maximum absolute atomic E-state index is 12.1. The van der Waals surface area contributed by atoms with Crippen molar-refractivity contribution in [1.82, 2.24) is 14.5 Å². The van der Waals surface area contributed by atoms with Gasteiger partial charge in [0.25, 0.3) is 0 Å². The second kappa shape index (κ2) is 4.92. The van der Waals surface area contributed by atoms with Crippen molar-refractivity contribution in [3.8, 4) is 0 Å². The fourth-order valence-electron chi connectivity index (χ4n) is 1.62. The number of imidazole rings is 1. The molecule has 1 amide bonds. The largest absolute Gasteiger partial charge is 0.443 e. The summed E-state index contributed by atoms with van der Waals surface area (Å²) in [4.78, 5) is 31.2. The fraction of sp³-hybridized carbons (Fsp3) is 0.385. The predicted octanol–water partition coefficient (Wildman–Crippen LogP) is 2.17. The van der Waals surface area contributed by atoms with Gasteiger partial charge in [0.2, 0.25) is 5.91 Å². The van der Waals surface area contributed by atoms with E-state index in [4.69, 9.17) is 4.74 Å². The lowest BCUT2D eigenvalue weighted by Gasteiger charge is -2.19. The van der Waals surface area contributed by atoms with E-state index in [0.717, 1.165) is 0 Å². The molecule has 0 aromatic carbocycles. The Labute approximate surface area is 116 Å². The van der Waals surface area contributed by atoms with Crippen LogP contribution in [0.15, 0.2) is 18.6 Å². The zero-order valence-corrected chi connectivity index (χ0v) is 11.8. The molecule has 0 aliphatic rings. The van der Waals surface area contributed by atoms with Crippen LogP contribution in [0.1, 0.15) is 27.7 Å². The van der Waals surface area contributed by atoms with Crippen molar-refractivity contribution in [2.24, 2.45) is 0 Å². The number of carbonyl (C=O) groups is 2. The van der Waals surface area contributed by atoms with Crippen molar-refractivity contribution < 1.29 is 14.3 Å². The second-order valence-corrected chi connectivity index (χ2v) is 5.33. The van der Waals surface area contributed by atoms with Crippen LogP contribution >= 0.6 is 0 Å². The van der Waals surface area contributed by atoms with E-state index in [9.17, 15) is 9.59 Å². The maximum atomic E-state index is 12.1. The SMILES string of the molecule is CC(=O)Nc1cc2c(cn1)ncn2C(=O)OC(C)(C)C. The highest BCUT2D eigenvalue weighted by molar-refractivity contribution is 5.92. The molecule has 0 fully saturated rings. The highest BCUT2D eigenvalue weighted by Crippen LogP contribution is 2.17. The average molecular weight is 276 g/mol. The van der Waals surface area contributed by atoms with Crippen molar-refractivity contribution >= 4 is 28.9 Å². The highest BCUT2D eigenvalue weighted by atomic mass is 16.6. The number of pyridine rings is 1. The Morgan fingerprint density at radius 3 is 2.60 bits per heavy atom. The summed E-state index contributed by atoms with van der Waals surface area (Å²) in [6.45, 7) is 6.74. The van der Waals surface area contributed by atoms with Gasteiger partial charge in [0.1, 0.15) is 23.3 Å². The van der Waals surface area contributed by atoms with E-state index in [2.05, 4.69) is 15.3 Å². The molecular weight excluding hydrogens is 260 g/mol. The molecule has 106 valence electrons. The van der Waals surface area contributed by atoms with Gasteiger partial charge < -0.3 is 10.1 Å². The fourth-order valence-corrected chi connectivity index (χ4v) is 1.62. The standard InChI is InChI=1S/C13H16N4O3/c1-8(18)16-11-5-10-9(6-14-11)15-7-17(10)12(19)20-13(2,3)4/h5-7H,1-4H3,(H,14,16,18). The van der Waals surface area contributed by atoms with Crippen molar-refractivity contribution in [2.75, 3.05) is 5.32 Å². The smallest absolute Gasteiger partial charge is 0.420 e. The van der Waals surface area contributed by atoms with Crippen LogP contribution in [-0.2, 0) is 9.53 Å². The number of hydrogen-bond donors (Lipinski definition) is 1. The lowest BCUT2D eigenvalue weighted by Crippen LogP contribution is -2.26. The van der Waals surface area contributed by atoms with Gasteiger partial charge >= 0.3 is 6.09 Å². The van der Waals surface area contributed by atoms with Crippen molar-refractivity contribution in [2.45, 2.75) is 33.3 Å². The molecule has 0 aliphatic heterocycles. The molecule has 2 aromatic rings. The third-order valence-corrected chi connectivity index (χ3v) is 2.33. The molecule has 0 spiro atoms. The van der Waals surface area contributed by atoms with Crippen molar-refractivity contribution in [3.63, 3.8) is 0 Å². The van der Waals surface area contributed by atoms with Gasteiger partial charge in [-0.15, -0.1) is 0 Å². The van der Waals surface area contributed by atoms with E-state index in [-0.39, 0.29) is 5.91 Å². The van der Waals surface area contributed by atoms with Crippen LogP contribution in [0, 0.1) is 0 Å². The number of rotatable bonds is 1. The first-order chi connectivity index (χ1) is 9.26. The van der Waals surface area contributed by atoms with Gasteiger partial charge in [-0.05, 0) is 20.8 Å². The molecule has 7 nitrogen and oxygen atoms in total. The molecular formula is C13H16N4O3. The molecule has 2 aromatic heterocycles. The summed E-state index contributed by atoms with van der Waals surface area (Å²) in [5.74, 6) is 0.121. The number of ether oxygens (including phenoxy) is 1. The molecule has 0 saturated heterocycles. The Balaban J connectivity index is 2.39. The van der Waals surface area contributed by atoms with Gasteiger partial charge in [-0.25, -0.2) is 19.3 Å². The lowest BCUT2D eigenvalue weighted by atomic mass is 10.2. The molecule has 7 heteroatoms. The Morgan fingerprint density at radius 1 is 1.30 bits per heavy atom. The first-order valence-electron chi connectivity index (χ1n) is 6.10. The van der Waals surface area contributed by atoms with Crippen LogP contribution in [0.3, 0.4) is 0 Å². The summed E-state index contributed by atoms with van der Waals surface area (Å²) in [7, 11) is 0. The normalized spacial score (nSPS) is 11.4. The molecule has 0 unspecified atom stereocenters. The van der Waals surface area contributed by atoms with Crippen molar-refractivity contribution in [3.05, 3.63) is 18.6 Å². The number of nitrogens with one attached hydrogen (secondary N) is 1. The summed E-state index contributed by atoms with van der Waals surface area (Å²) in [6.07, 6.45) is 2.33. The van der Waals surface area contributed by atoms with E-state index in [0.29, 0.717) is 16.9 Å². The van der Waals surface area contributed by atoms with Crippen LogP contribution in [0.25, 0.3) is 11.0 Å². The van der Waals surface area contributed by atoms with Gasteiger partial charge in [-0.1, -0.05) is 0 Å².